The second kappa shape index (κ2) is 11.9. The molecule has 0 aliphatic rings. The fourth-order valence-electron chi connectivity index (χ4n) is 4.10. The zero-order valence-electron chi connectivity index (χ0n) is 22.0. The number of nitrogens with one attached hydrogen (secondary N) is 1. The molecular weight excluding hydrogens is 569 g/mol. The van der Waals surface area contributed by atoms with E-state index < -0.39 is 23.2 Å². The highest BCUT2D eigenvalue weighted by atomic mass is 35.5. The van der Waals surface area contributed by atoms with Crippen LogP contribution in [0.5, 0.6) is 5.75 Å². The lowest BCUT2D eigenvalue weighted by Gasteiger charge is -2.13. The van der Waals surface area contributed by atoms with Crippen LogP contribution in [0.2, 0.25) is 5.02 Å². The zero-order chi connectivity index (χ0) is 29.9. The van der Waals surface area contributed by atoms with Gasteiger partial charge in [0, 0.05) is 21.8 Å². The summed E-state index contributed by atoms with van der Waals surface area (Å²) in [5.74, 6) is -0.258. The summed E-state index contributed by atoms with van der Waals surface area (Å²) in [6.07, 6.45) is -3.33. The Morgan fingerprint density at radius 3 is 2.55 bits per heavy atom. The first-order valence-electron chi connectivity index (χ1n) is 12.6. The minimum Gasteiger partial charge on any atom is -0.483 e. The molecule has 0 fully saturated rings. The zero-order valence-corrected chi connectivity index (χ0v) is 22.8. The molecule has 1 aromatic heterocycles. The molecular formula is C31H22ClF3N4O3. The van der Waals surface area contributed by atoms with Crippen LogP contribution in [0.3, 0.4) is 0 Å². The van der Waals surface area contributed by atoms with Crippen LogP contribution in [0.15, 0.2) is 101 Å². The lowest BCUT2D eigenvalue weighted by Crippen LogP contribution is -2.21. The van der Waals surface area contributed by atoms with Gasteiger partial charge in [0.25, 0.3) is 11.5 Å². The van der Waals surface area contributed by atoms with Crippen molar-refractivity contribution in [3.63, 3.8) is 0 Å². The van der Waals surface area contributed by atoms with Gasteiger partial charge in [-0.3, -0.25) is 9.59 Å². The highest BCUT2D eigenvalue weighted by molar-refractivity contribution is 6.30. The van der Waals surface area contributed by atoms with E-state index in [1.165, 1.54) is 30.5 Å². The van der Waals surface area contributed by atoms with Crippen molar-refractivity contribution < 1.29 is 22.7 Å². The third-order valence-corrected chi connectivity index (χ3v) is 6.42. The third-order valence-electron chi connectivity index (χ3n) is 6.18. The Hall–Kier alpha value is -4.96. The fraction of sp³-hybridized carbons (Fsp3) is 0.0968. The van der Waals surface area contributed by atoms with Crippen molar-refractivity contribution in [1.82, 2.24) is 9.66 Å². The Labute approximate surface area is 242 Å². The van der Waals surface area contributed by atoms with Crippen molar-refractivity contribution in [2.75, 3.05) is 11.9 Å². The van der Waals surface area contributed by atoms with Crippen LogP contribution in [0.25, 0.3) is 22.3 Å². The summed E-state index contributed by atoms with van der Waals surface area (Å²) in [6.45, 7) is 1.60. The molecule has 0 atom stereocenters. The van der Waals surface area contributed by atoms with Crippen LogP contribution in [0.1, 0.15) is 16.7 Å². The summed E-state index contributed by atoms with van der Waals surface area (Å²) < 4.78 is 47.0. The van der Waals surface area contributed by atoms with Gasteiger partial charge in [-0.15, -0.1) is 0 Å². The molecule has 4 aromatic carbocycles. The fourth-order valence-corrected chi connectivity index (χ4v) is 4.28. The molecule has 1 amide bonds. The number of hydrogen-bond donors (Lipinski definition) is 1. The quantitative estimate of drug-likeness (QED) is 0.208. The monoisotopic (exact) mass is 590 g/mol. The van der Waals surface area contributed by atoms with E-state index in [1.54, 1.807) is 42.5 Å². The number of fused-ring (bicyclic) bond motifs is 1. The molecule has 1 heterocycles. The summed E-state index contributed by atoms with van der Waals surface area (Å²) in [6, 6.07) is 22.8. The molecule has 7 nitrogen and oxygen atoms in total. The first-order valence-corrected chi connectivity index (χ1v) is 13.0. The van der Waals surface area contributed by atoms with E-state index in [9.17, 15) is 22.8 Å². The number of anilines is 1. The van der Waals surface area contributed by atoms with Crippen molar-refractivity contribution in [3.05, 3.63) is 123 Å². The molecule has 1 N–H and O–H groups in total. The van der Waals surface area contributed by atoms with Crippen LogP contribution < -0.4 is 15.6 Å². The van der Waals surface area contributed by atoms with Crippen molar-refractivity contribution >= 4 is 40.3 Å². The molecule has 5 aromatic rings. The van der Waals surface area contributed by atoms with Crippen LogP contribution in [-0.4, -0.2) is 28.4 Å². The number of aromatic nitrogens is 2. The number of carbonyl (C=O) groups excluding carboxylic acids is 1. The number of para-hydroxylation sites is 1. The minimum atomic E-state index is -4.60. The molecule has 5 rings (SSSR count). The van der Waals surface area contributed by atoms with Crippen molar-refractivity contribution in [1.29, 1.82) is 0 Å². The van der Waals surface area contributed by atoms with Crippen LogP contribution in [0.4, 0.5) is 18.9 Å². The molecule has 0 aliphatic heterocycles. The SMILES string of the molecule is Cc1ccc(NC(=O)COc2ccc(Cl)cc2C=Nn2c(-c3cccc(C(F)(F)F)c3)nc3ccccc3c2=O)cc1. The minimum absolute atomic E-state index is 0.0418. The van der Waals surface area contributed by atoms with Gasteiger partial charge in [0.15, 0.2) is 12.4 Å². The topological polar surface area (TPSA) is 85.6 Å². The van der Waals surface area contributed by atoms with E-state index in [4.69, 9.17) is 16.3 Å². The maximum atomic E-state index is 13.5. The summed E-state index contributed by atoms with van der Waals surface area (Å²) in [4.78, 5) is 30.4. The van der Waals surface area contributed by atoms with Gasteiger partial charge in [-0.2, -0.15) is 22.9 Å². The molecule has 11 heteroatoms. The Morgan fingerprint density at radius 1 is 1.02 bits per heavy atom. The molecule has 0 aliphatic carbocycles. The lowest BCUT2D eigenvalue weighted by molar-refractivity contribution is -0.137. The molecule has 0 bridgehead atoms. The van der Waals surface area contributed by atoms with Gasteiger partial charge < -0.3 is 10.1 Å². The predicted molar refractivity (Wildman–Crippen MR) is 156 cm³/mol. The van der Waals surface area contributed by atoms with Crippen LogP contribution in [-0.2, 0) is 11.0 Å². The van der Waals surface area contributed by atoms with E-state index in [-0.39, 0.29) is 29.1 Å². The van der Waals surface area contributed by atoms with E-state index >= 15 is 0 Å². The largest absolute Gasteiger partial charge is 0.483 e. The maximum absolute atomic E-state index is 13.5. The standard InChI is InChI=1S/C31H22ClF3N4O3/c1-19-9-12-24(13-10-19)37-28(40)18-42-27-14-11-23(32)16-21(27)17-36-39-29(20-5-4-6-22(15-20)31(33,34)35)38-26-8-3-2-7-25(26)30(39)41/h2-17H,18H2,1H3,(H,37,40). The number of aryl methyl sites for hydroxylation is 1. The molecule has 212 valence electrons. The van der Waals surface area contributed by atoms with E-state index in [0.29, 0.717) is 21.8 Å². The maximum Gasteiger partial charge on any atom is 0.416 e. The number of alkyl halides is 3. The first kappa shape index (κ1) is 28.6. The molecule has 0 saturated heterocycles. The number of hydrogen-bond acceptors (Lipinski definition) is 5. The lowest BCUT2D eigenvalue weighted by atomic mass is 10.1. The van der Waals surface area contributed by atoms with Gasteiger partial charge in [0.1, 0.15) is 5.75 Å². The van der Waals surface area contributed by atoms with E-state index in [0.717, 1.165) is 22.4 Å². The normalized spacial score (nSPS) is 11.6. The smallest absolute Gasteiger partial charge is 0.416 e. The molecule has 0 unspecified atom stereocenters. The van der Waals surface area contributed by atoms with E-state index in [1.807, 2.05) is 19.1 Å². The predicted octanol–water partition coefficient (Wildman–Crippen LogP) is 6.94. The number of rotatable bonds is 7. The first-order chi connectivity index (χ1) is 20.1. The second-order valence-electron chi connectivity index (χ2n) is 9.28. The van der Waals surface area contributed by atoms with E-state index in [2.05, 4.69) is 15.4 Å². The number of ether oxygens (including phenoxy) is 1. The van der Waals surface area contributed by atoms with Crippen LogP contribution >= 0.6 is 11.6 Å². The van der Waals surface area contributed by atoms with Gasteiger partial charge in [0.05, 0.1) is 22.7 Å². The van der Waals surface area contributed by atoms with Gasteiger partial charge in [-0.25, -0.2) is 4.98 Å². The number of amides is 1. The molecule has 42 heavy (non-hydrogen) atoms. The summed E-state index contributed by atoms with van der Waals surface area (Å²) >= 11 is 6.19. The van der Waals surface area contributed by atoms with Crippen molar-refractivity contribution in [3.8, 4) is 17.1 Å². The number of carbonyl (C=O) groups is 1. The summed E-state index contributed by atoms with van der Waals surface area (Å²) in [5, 5.41) is 7.58. The molecule has 0 saturated carbocycles. The summed E-state index contributed by atoms with van der Waals surface area (Å²) in [5.41, 5.74) is 0.830. The van der Waals surface area contributed by atoms with Crippen molar-refractivity contribution in [2.45, 2.75) is 13.1 Å². The van der Waals surface area contributed by atoms with Gasteiger partial charge in [-0.1, -0.05) is 53.6 Å². The molecule has 0 spiro atoms. The van der Waals surface area contributed by atoms with Gasteiger partial charge in [0.2, 0.25) is 0 Å². The van der Waals surface area contributed by atoms with Gasteiger partial charge >= 0.3 is 6.18 Å². The highest BCUT2D eigenvalue weighted by Crippen LogP contribution is 2.32. The van der Waals surface area contributed by atoms with Crippen LogP contribution in [0, 0.1) is 6.92 Å². The molecule has 0 radical (unpaired) electrons. The Bertz CT molecular complexity index is 1870. The Kier molecular flexibility index (Phi) is 8.08. The Balaban J connectivity index is 1.50. The number of benzene rings is 4. The average molecular weight is 591 g/mol. The highest BCUT2D eigenvalue weighted by Gasteiger charge is 2.31. The van der Waals surface area contributed by atoms with Gasteiger partial charge in [-0.05, 0) is 61.5 Å². The number of nitrogens with zero attached hydrogens (tertiary/aromatic N) is 3. The third kappa shape index (κ3) is 6.50. The summed E-state index contributed by atoms with van der Waals surface area (Å²) in [7, 11) is 0. The Morgan fingerprint density at radius 2 is 1.79 bits per heavy atom. The second-order valence-corrected chi connectivity index (χ2v) is 9.71. The number of halogens is 4. The van der Waals surface area contributed by atoms with Crippen molar-refractivity contribution in [2.24, 2.45) is 5.10 Å². The average Bonchev–Trinajstić information content (AvgIpc) is 2.97.